The van der Waals surface area contributed by atoms with Crippen molar-refractivity contribution in [2.75, 3.05) is 0 Å². The average Bonchev–Trinajstić information content (AvgIpc) is 2.76. The molecular weight excluding hydrogens is 395 g/mol. The van der Waals surface area contributed by atoms with Crippen LogP contribution in [0.2, 0.25) is 0 Å². The molecule has 0 amide bonds. The summed E-state index contributed by atoms with van der Waals surface area (Å²) >= 11 is 1.70. The molecule has 0 spiro atoms. The molecule has 2 aromatic rings. The molecule has 1 aromatic carbocycles. The van der Waals surface area contributed by atoms with Crippen LogP contribution in [0, 0.1) is 3.57 Å². The van der Waals surface area contributed by atoms with Gasteiger partial charge in [-0.1, -0.05) is 11.2 Å². The van der Waals surface area contributed by atoms with E-state index in [-0.39, 0.29) is 14.8 Å². The van der Waals surface area contributed by atoms with Gasteiger partial charge in [-0.3, -0.25) is 0 Å². The van der Waals surface area contributed by atoms with Gasteiger partial charge in [0.2, 0.25) is 11.8 Å². The van der Waals surface area contributed by atoms with E-state index >= 15 is 0 Å². The highest BCUT2D eigenvalue weighted by atomic mass is 127. The normalized spacial score (nSPS) is 9.95. The first-order chi connectivity index (χ1) is 9.95. The van der Waals surface area contributed by atoms with E-state index in [4.69, 9.17) is 10.4 Å². The molecule has 3 N–H and O–H groups in total. The van der Waals surface area contributed by atoms with Gasteiger partial charge in [0.1, 0.15) is 11.3 Å². The Hall–Kier alpha value is -2.59. The Labute approximate surface area is 130 Å². The van der Waals surface area contributed by atoms with E-state index in [2.05, 4.69) is 10.0 Å². The molecule has 0 aliphatic carbocycles. The summed E-state index contributed by atoms with van der Waals surface area (Å²) in [6, 6.07) is 4.77. The third-order valence-electron chi connectivity index (χ3n) is 2.44. The van der Waals surface area contributed by atoms with Gasteiger partial charge in [-0.25, -0.2) is 4.79 Å². The second kappa shape index (κ2) is 5.81. The number of hydrogen-bond acceptors (Lipinski definition) is 6. The first kappa shape index (κ1) is 14.8. The summed E-state index contributed by atoms with van der Waals surface area (Å²) in [5.74, 6) is -2.42. The summed E-state index contributed by atoms with van der Waals surface area (Å²) in [5, 5.41) is 32.0. The van der Waals surface area contributed by atoms with Gasteiger partial charge in [0.05, 0.1) is 9.26 Å². The Morgan fingerprint density at radius 3 is 2.43 bits per heavy atom. The summed E-state index contributed by atoms with van der Waals surface area (Å²) in [6.45, 7) is 0. The van der Waals surface area contributed by atoms with E-state index in [1.807, 2.05) is 0 Å². The van der Waals surface area contributed by atoms with Crippen molar-refractivity contribution in [1.82, 2.24) is 4.73 Å². The van der Waals surface area contributed by atoms with Crippen LogP contribution in [0.5, 0.6) is 17.5 Å². The van der Waals surface area contributed by atoms with E-state index in [0.717, 1.165) is 12.1 Å². The highest BCUT2D eigenvalue weighted by Crippen LogP contribution is 2.33. The molecule has 2 rings (SSSR count). The number of rotatable bonds is 3. The first-order valence-electron chi connectivity index (χ1n) is 5.34. The van der Waals surface area contributed by atoms with E-state index in [9.17, 15) is 20.1 Å². The van der Waals surface area contributed by atoms with Crippen LogP contribution in [0.1, 0.15) is 10.4 Å². The van der Waals surface area contributed by atoms with Crippen LogP contribution in [-0.2, 0) is 0 Å². The zero-order valence-corrected chi connectivity index (χ0v) is 12.3. The molecule has 0 saturated carbocycles. The van der Waals surface area contributed by atoms with Gasteiger partial charge in [-0.15, -0.1) is 4.73 Å². The van der Waals surface area contributed by atoms with Gasteiger partial charge < -0.3 is 20.2 Å². The molecule has 1 aromatic heterocycles. The fourth-order valence-corrected chi connectivity index (χ4v) is 2.05. The lowest BCUT2D eigenvalue weighted by Crippen LogP contribution is -2.19. The lowest BCUT2D eigenvalue weighted by atomic mass is 10.2. The monoisotopic (exact) mass is 402 g/mol. The number of aromatic nitrogens is 1. The summed E-state index contributed by atoms with van der Waals surface area (Å²) < 4.78 is 0.663. The maximum absolute atomic E-state index is 11.9. The van der Waals surface area contributed by atoms with Gasteiger partial charge >= 0.3 is 5.97 Å². The number of nitrogens with zero attached hydrogens (tertiary/aromatic N) is 4. The Morgan fingerprint density at radius 2 is 1.86 bits per heavy atom. The fourth-order valence-electron chi connectivity index (χ4n) is 1.47. The summed E-state index contributed by atoms with van der Waals surface area (Å²) in [5.41, 5.74) is 8.30. The van der Waals surface area contributed by atoms with Crippen molar-refractivity contribution in [3.8, 4) is 17.5 Å². The standard InChI is InChI=1S/C11H7IN4O5/c12-9-6(14-15-13)2-1-5(10(9)19)11(20)21-16-7(17)3-4-8(16)18/h1-4,17-19H. The van der Waals surface area contributed by atoms with Crippen molar-refractivity contribution >= 4 is 34.2 Å². The molecule has 0 saturated heterocycles. The van der Waals surface area contributed by atoms with Crippen LogP contribution in [0.15, 0.2) is 29.4 Å². The van der Waals surface area contributed by atoms with Gasteiger partial charge in [0, 0.05) is 17.0 Å². The summed E-state index contributed by atoms with van der Waals surface area (Å²) in [4.78, 5) is 19.3. The smallest absolute Gasteiger partial charge is 0.367 e. The van der Waals surface area contributed by atoms with Crippen molar-refractivity contribution < 1.29 is 25.0 Å². The average molecular weight is 402 g/mol. The third-order valence-corrected chi connectivity index (χ3v) is 3.50. The van der Waals surface area contributed by atoms with Gasteiger partial charge in [-0.2, -0.15) is 0 Å². The number of azide groups is 1. The minimum absolute atomic E-state index is 0.152. The van der Waals surface area contributed by atoms with Crippen molar-refractivity contribution in [2.45, 2.75) is 0 Å². The lowest BCUT2D eigenvalue weighted by molar-refractivity contribution is 0.0378. The fraction of sp³-hybridized carbons (Fsp3) is 0. The number of carbonyl (C=O) groups excluding carboxylic acids is 1. The van der Waals surface area contributed by atoms with Crippen LogP contribution in [0.3, 0.4) is 0 Å². The van der Waals surface area contributed by atoms with Gasteiger partial charge in [-0.05, 0) is 34.2 Å². The predicted octanol–water partition coefficient (Wildman–Crippen LogP) is 2.42. The molecule has 1 heterocycles. The molecule has 9 nitrogen and oxygen atoms in total. The molecule has 21 heavy (non-hydrogen) atoms. The maximum Gasteiger partial charge on any atom is 0.367 e. The Kier molecular flexibility index (Phi) is 4.10. The van der Waals surface area contributed by atoms with Crippen molar-refractivity contribution in [2.24, 2.45) is 5.11 Å². The SMILES string of the molecule is [N-]=[N+]=Nc1ccc(C(=O)On2c(O)ccc2O)c(O)c1I. The van der Waals surface area contributed by atoms with E-state index in [1.54, 1.807) is 22.6 Å². The Morgan fingerprint density at radius 1 is 1.24 bits per heavy atom. The molecular formula is C11H7IN4O5. The summed E-state index contributed by atoms with van der Waals surface area (Å²) in [6.07, 6.45) is 0. The van der Waals surface area contributed by atoms with Crippen LogP contribution in [-0.4, -0.2) is 26.0 Å². The summed E-state index contributed by atoms with van der Waals surface area (Å²) in [7, 11) is 0. The number of halogens is 1. The van der Waals surface area contributed by atoms with Crippen molar-refractivity contribution in [3.63, 3.8) is 0 Å². The largest absolute Gasteiger partial charge is 0.506 e. The maximum atomic E-state index is 11.9. The Balaban J connectivity index is 2.36. The number of hydrogen-bond donors (Lipinski definition) is 3. The predicted molar refractivity (Wildman–Crippen MR) is 78.3 cm³/mol. The minimum Gasteiger partial charge on any atom is -0.506 e. The molecule has 10 heteroatoms. The quantitative estimate of drug-likeness (QED) is 0.313. The highest BCUT2D eigenvalue weighted by molar-refractivity contribution is 14.1. The van der Waals surface area contributed by atoms with Crippen LogP contribution in [0.4, 0.5) is 5.69 Å². The first-order valence-corrected chi connectivity index (χ1v) is 6.42. The Bertz CT molecular complexity index is 747. The molecule has 0 radical (unpaired) electrons. The highest BCUT2D eigenvalue weighted by Gasteiger charge is 2.20. The lowest BCUT2D eigenvalue weighted by Gasteiger charge is -2.09. The third kappa shape index (κ3) is 2.80. The van der Waals surface area contributed by atoms with Crippen molar-refractivity contribution in [3.05, 3.63) is 43.8 Å². The molecule has 108 valence electrons. The van der Waals surface area contributed by atoms with Crippen molar-refractivity contribution in [1.29, 1.82) is 0 Å². The number of carbonyl (C=O) groups is 1. The number of benzene rings is 1. The minimum atomic E-state index is -1.01. The zero-order valence-electron chi connectivity index (χ0n) is 10.1. The number of phenols is 1. The molecule has 0 aliphatic rings. The molecule has 0 fully saturated rings. The zero-order chi connectivity index (χ0) is 15.6. The van der Waals surface area contributed by atoms with Crippen LogP contribution < -0.4 is 4.84 Å². The van der Waals surface area contributed by atoms with E-state index < -0.39 is 23.5 Å². The molecule has 0 bridgehead atoms. The molecule has 0 unspecified atom stereocenters. The van der Waals surface area contributed by atoms with Gasteiger partial charge in [0.15, 0.2) is 0 Å². The van der Waals surface area contributed by atoms with E-state index in [1.165, 1.54) is 12.1 Å². The van der Waals surface area contributed by atoms with Crippen LogP contribution in [0.25, 0.3) is 10.4 Å². The topological polar surface area (TPSA) is 141 Å². The van der Waals surface area contributed by atoms with E-state index in [0.29, 0.717) is 4.73 Å². The second-order valence-electron chi connectivity index (χ2n) is 3.71. The molecule has 0 atom stereocenters. The second-order valence-corrected chi connectivity index (χ2v) is 4.79. The van der Waals surface area contributed by atoms with Crippen LogP contribution >= 0.6 is 22.6 Å². The number of aromatic hydroxyl groups is 3. The number of phenolic OH excluding ortho intramolecular Hbond substituents is 1. The molecule has 0 aliphatic heterocycles. The van der Waals surface area contributed by atoms with Gasteiger partial charge in [0.25, 0.3) is 0 Å².